The molecule has 0 radical (unpaired) electrons. The molecule has 94 valence electrons. The van der Waals surface area contributed by atoms with Gasteiger partial charge in [0, 0.05) is 6.42 Å². The molecule has 1 aromatic rings. The van der Waals surface area contributed by atoms with Crippen molar-refractivity contribution in [2.24, 2.45) is 0 Å². The lowest BCUT2D eigenvalue weighted by atomic mass is 9.86. The topological polar surface area (TPSA) is 20.2 Å². The van der Waals surface area contributed by atoms with Gasteiger partial charge in [0.2, 0.25) is 0 Å². The van der Waals surface area contributed by atoms with Crippen LogP contribution < -0.4 is 0 Å². The molecule has 0 saturated heterocycles. The number of halogens is 3. The number of hydrogen-bond acceptors (Lipinski definition) is 1. The van der Waals surface area contributed by atoms with E-state index < -0.39 is 18.2 Å². The molecule has 1 nitrogen and oxygen atoms in total. The third-order valence-electron chi connectivity index (χ3n) is 2.71. The van der Waals surface area contributed by atoms with E-state index in [1.807, 2.05) is 0 Å². The van der Waals surface area contributed by atoms with Gasteiger partial charge in [-0.25, -0.2) is 0 Å². The zero-order valence-electron chi connectivity index (χ0n) is 9.75. The van der Waals surface area contributed by atoms with E-state index in [2.05, 4.69) is 0 Å². The quantitative estimate of drug-likeness (QED) is 0.803. The Labute approximate surface area is 98.6 Å². The Morgan fingerprint density at radius 2 is 1.82 bits per heavy atom. The predicted molar refractivity (Wildman–Crippen MR) is 60.6 cm³/mol. The number of benzene rings is 1. The highest BCUT2D eigenvalue weighted by Crippen LogP contribution is 2.42. The molecule has 0 fully saturated rings. The second kappa shape index (κ2) is 4.92. The summed E-state index contributed by atoms with van der Waals surface area (Å²) in [6.07, 6.45) is -2.36. The minimum absolute atomic E-state index is 0.0920. The van der Waals surface area contributed by atoms with Gasteiger partial charge in [-0.05, 0) is 25.0 Å². The summed E-state index contributed by atoms with van der Waals surface area (Å²) >= 11 is 0. The Balaban J connectivity index is 3.29. The van der Waals surface area contributed by atoms with Gasteiger partial charge in [-0.1, -0.05) is 36.4 Å². The van der Waals surface area contributed by atoms with Gasteiger partial charge >= 0.3 is 6.18 Å². The van der Waals surface area contributed by atoms with Crippen LogP contribution in [0.3, 0.4) is 0 Å². The third kappa shape index (κ3) is 2.69. The maximum Gasteiger partial charge on any atom is 0.421 e. The minimum Gasteiger partial charge on any atom is -0.376 e. The fraction of sp³-hybridized carbons (Fsp3) is 0.385. The standard InChI is InChI=1S/C13H15F3O/c1-3-4-9-12(17,13(14,15)16)11-8-6-5-7-10(11)2/h3-8,17H,9H2,1-2H3/b4-3-/t12-/m1/s1. The van der Waals surface area contributed by atoms with Gasteiger partial charge in [0.25, 0.3) is 0 Å². The molecule has 1 rings (SSSR count). The van der Waals surface area contributed by atoms with Crippen LogP contribution in [0.25, 0.3) is 0 Å². The van der Waals surface area contributed by atoms with E-state index in [9.17, 15) is 18.3 Å². The normalized spacial score (nSPS) is 16.1. The van der Waals surface area contributed by atoms with Gasteiger partial charge in [-0.15, -0.1) is 0 Å². The molecule has 0 aliphatic heterocycles. The first kappa shape index (κ1) is 13.8. The van der Waals surface area contributed by atoms with Crippen LogP contribution in [0, 0.1) is 6.92 Å². The van der Waals surface area contributed by atoms with Crippen LogP contribution in [0.1, 0.15) is 24.5 Å². The van der Waals surface area contributed by atoms with Gasteiger partial charge in [0.05, 0.1) is 0 Å². The molecule has 1 N–H and O–H groups in total. The second-order valence-electron chi connectivity index (χ2n) is 3.95. The predicted octanol–water partition coefficient (Wildman–Crippen LogP) is 3.71. The van der Waals surface area contributed by atoms with E-state index in [0.29, 0.717) is 5.56 Å². The van der Waals surface area contributed by atoms with Gasteiger partial charge in [-0.3, -0.25) is 0 Å². The molecular weight excluding hydrogens is 229 g/mol. The lowest BCUT2D eigenvalue weighted by Crippen LogP contribution is -2.42. The SMILES string of the molecule is C/C=C\C[C@@](O)(c1ccccc1C)C(F)(F)F. The van der Waals surface area contributed by atoms with E-state index in [-0.39, 0.29) is 5.56 Å². The number of rotatable bonds is 3. The van der Waals surface area contributed by atoms with E-state index in [0.717, 1.165) is 0 Å². The molecule has 1 aromatic carbocycles. The highest BCUT2D eigenvalue weighted by Gasteiger charge is 2.54. The van der Waals surface area contributed by atoms with Crippen LogP contribution in [-0.4, -0.2) is 11.3 Å². The largest absolute Gasteiger partial charge is 0.421 e. The van der Waals surface area contributed by atoms with Crippen LogP contribution in [0.4, 0.5) is 13.2 Å². The summed E-state index contributed by atoms with van der Waals surface area (Å²) < 4.78 is 39.0. The summed E-state index contributed by atoms with van der Waals surface area (Å²) in [5.74, 6) is 0. The summed E-state index contributed by atoms with van der Waals surface area (Å²) in [7, 11) is 0. The molecular formula is C13H15F3O. The average Bonchev–Trinajstić information content (AvgIpc) is 2.25. The Hall–Kier alpha value is -1.29. The smallest absolute Gasteiger partial charge is 0.376 e. The Bertz CT molecular complexity index is 409. The molecule has 0 heterocycles. The van der Waals surface area contributed by atoms with Crippen molar-refractivity contribution in [3.8, 4) is 0 Å². The maximum absolute atomic E-state index is 13.0. The van der Waals surface area contributed by atoms with Crippen molar-refractivity contribution in [3.63, 3.8) is 0 Å². The van der Waals surface area contributed by atoms with E-state index in [1.54, 1.807) is 26.0 Å². The molecule has 1 atom stereocenters. The molecule has 0 aliphatic rings. The van der Waals surface area contributed by atoms with Crippen LogP contribution in [0.5, 0.6) is 0 Å². The van der Waals surface area contributed by atoms with Crippen LogP contribution in [-0.2, 0) is 5.60 Å². The Kier molecular flexibility index (Phi) is 3.98. The highest BCUT2D eigenvalue weighted by atomic mass is 19.4. The summed E-state index contributed by atoms with van der Waals surface area (Å²) in [4.78, 5) is 0. The summed E-state index contributed by atoms with van der Waals surface area (Å²) in [5, 5.41) is 9.95. The van der Waals surface area contributed by atoms with Crippen molar-refractivity contribution in [2.45, 2.75) is 32.0 Å². The second-order valence-corrected chi connectivity index (χ2v) is 3.95. The van der Waals surface area contributed by atoms with Crippen LogP contribution in [0.15, 0.2) is 36.4 Å². The molecule has 0 spiro atoms. The first-order chi connectivity index (χ1) is 7.83. The number of allylic oxidation sites excluding steroid dienone is 1. The Morgan fingerprint density at radius 1 is 1.24 bits per heavy atom. The molecule has 0 amide bonds. The van der Waals surface area contributed by atoms with E-state index in [4.69, 9.17) is 0 Å². The van der Waals surface area contributed by atoms with Gasteiger partial charge in [-0.2, -0.15) is 13.2 Å². The number of alkyl halides is 3. The first-order valence-electron chi connectivity index (χ1n) is 5.29. The minimum atomic E-state index is -4.70. The summed E-state index contributed by atoms with van der Waals surface area (Å²) in [6, 6.07) is 6.01. The summed E-state index contributed by atoms with van der Waals surface area (Å²) in [5.41, 5.74) is -2.48. The molecule has 0 saturated carbocycles. The fourth-order valence-corrected chi connectivity index (χ4v) is 1.70. The summed E-state index contributed by atoms with van der Waals surface area (Å²) in [6.45, 7) is 3.18. The van der Waals surface area contributed by atoms with Crippen molar-refractivity contribution in [3.05, 3.63) is 47.5 Å². The highest BCUT2D eigenvalue weighted by molar-refractivity contribution is 5.33. The number of aliphatic hydroxyl groups is 1. The molecule has 4 heteroatoms. The average molecular weight is 244 g/mol. The van der Waals surface area contributed by atoms with Crippen molar-refractivity contribution in [1.29, 1.82) is 0 Å². The number of hydrogen-bond donors (Lipinski definition) is 1. The van der Waals surface area contributed by atoms with Gasteiger partial charge < -0.3 is 5.11 Å². The fourth-order valence-electron chi connectivity index (χ4n) is 1.70. The number of aryl methyl sites for hydroxylation is 1. The van der Waals surface area contributed by atoms with Gasteiger partial charge in [0.15, 0.2) is 5.60 Å². The third-order valence-corrected chi connectivity index (χ3v) is 2.71. The lowest BCUT2D eigenvalue weighted by molar-refractivity contribution is -0.265. The molecule has 0 aromatic heterocycles. The van der Waals surface area contributed by atoms with Crippen molar-refractivity contribution in [1.82, 2.24) is 0 Å². The molecule has 0 aliphatic carbocycles. The maximum atomic E-state index is 13.0. The molecule has 0 unspecified atom stereocenters. The van der Waals surface area contributed by atoms with Gasteiger partial charge in [0.1, 0.15) is 0 Å². The molecule has 17 heavy (non-hydrogen) atoms. The van der Waals surface area contributed by atoms with Crippen molar-refractivity contribution >= 4 is 0 Å². The van der Waals surface area contributed by atoms with Crippen LogP contribution in [0.2, 0.25) is 0 Å². The monoisotopic (exact) mass is 244 g/mol. The van der Waals surface area contributed by atoms with E-state index in [1.165, 1.54) is 24.3 Å². The zero-order valence-corrected chi connectivity index (χ0v) is 9.75. The van der Waals surface area contributed by atoms with E-state index >= 15 is 0 Å². The zero-order chi connectivity index (χ0) is 13.1. The Morgan fingerprint density at radius 3 is 2.29 bits per heavy atom. The van der Waals surface area contributed by atoms with Crippen molar-refractivity contribution in [2.75, 3.05) is 0 Å². The first-order valence-corrected chi connectivity index (χ1v) is 5.29. The van der Waals surface area contributed by atoms with Crippen LogP contribution >= 0.6 is 0 Å². The van der Waals surface area contributed by atoms with Crippen molar-refractivity contribution < 1.29 is 18.3 Å². The molecule has 0 bridgehead atoms. The lowest BCUT2D eigenvalue weighted by Gasteiger charge is -2.31.